The van der Waals surface area contributed by atoms with E-state index >= 15 is 0 Å². The second kappa shape index (κ2) is 7.01. The number of aliphatic hydroxyl groups is 1. The van der Waals surface area contributed by atoms with Gasteiger partial charge in [0.1, 0.15) is 12.1 Å². The van der Waals surface area contributed by atoms with Crippen molar-refractivity contribution >= 4 is 27.4 Å². The average molecular weight is 346 g/mol. The van der Waals surface area contributed by atoms with Gasteiger partial charge >= 0.3 is 0 Å². The fourth-order valence-corrected chi connectivity index (χ4v) is 3.80. The SMILES string of the molecule is OC[C@@H](Nc1ncnc2cc(-c3cc[c]cc3)sc12)c1ccccc1. The first-order valence-electron chi connectivity index (χ1n) is 7.98. The first-order valence-corrected chi connectivity index (χ1v) is 8.80. The zero-order chi connectivity index (χ0) is 17.1. The van der Waals surface area contributed by atoms with Crippen LogP contribution < -0.4 is 5.32 Å². The number of aliphatic hydroxyl groups excluding tert-OH is 1. The van der Waals surface area contributed by atoms with Gasteiger partial charge in [-0.1, -0.05) is 54.6 Å². The molecule has 2 heterocycles. The van der Waals surface area contributed by atoms with E-state index < -0.39 is 0 Å². The third-order valence-electron chi connectivity index (χ3n) is 4.01. The maximum absolute atomic E-state index is 9.79. The van der Waals surface area contributed by atoms with E-state index in [2.05, 4.69) is 27.4 Å². The number of nitrogens with one attached hydrogen (secondary N) is 1. The summed E-state index contributed by atoms with van der Waals surface area (Å²) in [6.07, 6.45) is 1.55. The lowest BCUT2D eigenvalue weighted by Gasteiger charge is -2.17. The lowest BCUT2D eigenvalue weighted by atomic mass is 10.1. The molecule has 4 rings (SSSR count). The molecule has 2 N–H and O–H groups in total. The standard InChI is InChI=1S/C20H16N3OS/c24-12-17(14-7-3-1-4-8-14)23-20-19-16(21-13-22-20)11-18(25-19)15-9-5-2-6-10-15/h1,3-11,13,17,24H,12H2,(H,21,22,23)/t17-/m1/s1. The van der Waals surface area contributed by atoms with Crippen LogP contribution in [0.2, 0.25) is 0 Å². The average Bonchev–Trinajstić information content (AvgIpc) is 3.12. The molecule has 0 fully saturated rings. The molecule has 1 radical (unpaired) electrons. The third-order valence-corrected chi connectivity index (χ3v) is 5.19. The molecule has 4 nitrogen and oxygen atoms in total. The van der Waals surface area contributed by atoms with Crippen molar-refractivity contribution in [2.75, 3.05) is 11.9 Å². The van der Waals surface area contributed by atoms with Crippen LogP contribution in [0.15, 0.2) is 67.0 Å². The number of thiophene rings is 1. The summed E-state index contributed by atoms with van der Waals surface area (Å²) in [6.45, 7) is -0.0116. The lowest BCUT2D eigenvalue weighted by Crippen LogP contribution is -2.15. The highest BCUT2D eigenvalue weighted by molar-refractivity contribution is 7.22. The number of hydrogen-bond acceptors (Lipinski definition) is 5. The van der Waals surface area contributed by atoms with Crippen LogP contribution in [-0.4, -0.2) is 21.7 Å². The Balaban J connectivity index is 1.71. The maximum Gasteiger partial charge on any atom is 0.148 e. The maximum atomic E-state index is 9.79. The molecule has 1 atom stereocenters. The largest absolute Gasteiger partial charge is 0.394 e. The van der Waals surface area contributed by atoms with E-state index in [1.165, 1.54) is 0 Å². The van der Waals surface area contributed by atoms with Crippen molar-refractivity contribution in [2.45, 2.75) is 6.04 Å². The van der Waals surface area contributed by atoms with Crippen LogP contribution >= 0.6 is 11.3 Å². The topological polar surface area (TPSA) is 58.0 Å². The zero-order valence-corrected chi connectivity index (χ0v) is 14.2. The Hall–Kier alpha value is -2.76. The second-order valence-corrected chi connectivity index (χ2v) is 6.68. The number of fused-ring (bicyclic) bond motifs is 1. The molecule has 0 bridgehead atoms. The van der Waals surface area contributed by atoms with E-state index in [0.717, 1.165) is 32.0 Å². The molecule has 0 aliphatic heterocycles. The molecule has 0 spiro atoms. The van der Waals surface area contributed by atoms with Crippen molar-refractivity contribution in [2.24, 2.45) is 0 Å². The van der Waals surface area contributed by atoms with Crippen LogP contribution in [0.5, 0.6) is 0 Å². The Kier molecular flexibility index (Phi) is 4.41. The molecule has 25 heavy (non-hydrogen) atoms. The van der Waals surface area contributed by atoms with Crippen LogP contribution in [0.3, 0.4) is 0 Å². The quantitative estimate of drug-likeness (QED) is 0.565. The number of benzene rings is 2. The van der Waals surface area contributed by atoms with Gasteiger partial charge in [-0.25, -0.2) is 9.97 Å². The Morgan fingerprint density at radius 1 is 1.08 bits per heavy atom. The Labute approximate surface area is 149 Å². The fraction of sp³-hybridized carbons (Fsp3) is 0.100. The van der Waals surface area contributed by atoms with Crippen LogP contribution in [0.25, 0.3) is 20.7 Å². The van der Waals surface area contributed by atoms with Gasteiger partial charge in [0.05, 0.1) is 22.9 Å². The van der Waals surface area contributed by atoms with Gasteiger partial charge in [-0.3, -0.25) is 0 Å². The van der Waals surface area contributed by atoms with Crippen molar-refractivity contribution in [3.05, 3.63) is 78.6 Å². The lowest BCUT2D eigenvalue weighted by molar-refractivity contribution is 0.276. The number of nitrogens with zero attached hydrogens (tertiary/aromatic N) is 2. The van der Waals surface area contributed by atoms with Gasteiger partial charge in [0.15, 0.2) is 0 Å². The van der Waals surface area contributed by atoms with Crippen molar-refractivity contribution in [1.82, 2.24) is 9.97 Å². The predicted molar refractivity (Wildman–Crippen MR) is 102 cm³/mol. The molecule has 5 heteroatoms. The smallest absolute Gasteiger partial charge is 0.148 e. The monoisotopic (exact) mass is 346 g/mol. The highest BCUT2D eigenvalue weighted by Crippen LogP contribution is 2.36. The van der Waals surface area contributed by atoms with Crippen molar-refractivity contribution < 1.29 is 5.11 Å². The number of anilines is 1. The van der Waals surface area contributed by atoms with Gasteiger partial charge in [-0.05, 0) is 23.3 Å². The molecule has 4 aromatic rings. The summed E-state index contributed by atoms with van der Waals surface area (Å²) in [5, 5.41) is 13.1. The molecule has 0 unspecified atom stereocenters. The van der Waals surface area contributed by atoms with Crippen LogP contribution in [0.1, 0.15) is 11.6 Å². The Morgan fingerprint density at radius 2 is 1.88 bits per heavy atom. The van der Waals surface area contributed by atoms with E-state index in [0.29, 0.717) is 0 Å². The number of aromatic nitrogens is 2. The first-order chi connectivity index (χ1) is 12.3. The van der Waals surface area contributed by atoms with Gasteiger partial charge in [-0.2, -0.15) is 0 Å². The number of hydrogen-bond donors (Lipinski definition) is 2. The Morgan fingerprint density at radius 3 is 2.64 bits per heavy atom. The molecule has 0 saturated carbocycles. The first kappa shape index (κ1) is 15.7. The minimum absolute atomic E-state index is 0.0116. The number of rotatable bonds is 5. The zero-order valence-electron chi connectivity index (χ0n) is 13.4. The normalized spacial score (nSPS) is 12.2. The van der Waals surface area contributed by atoms with Gasteiger partial charge < -0.3 is 10.4 Å². The fourth-order valence-electron chi connectivity index (χ4n) is 2.74. The van der Waals surface area contributed by atoms with E-state index in [4.69, 9.17) is 0 Å². The van der Waals surface area contributed by atoms with E-state index in [-0.39, 0.29) is 12.6 Å². The summed E-state index contributed by atoms with van der Waals surface area (Å²) in [4.78, 5) is 9.91. The molecule has 2 aromatic heterocycles. The predicted octanol–water partition coefficient (Wildman–Crippen LogP) is 4.30. The summed E-state index contributed by atoms with van der Waals surface area (Å²) in [7, 11) is 0. The highest BCUT2D eigenvalue weighted by atomic mass is 32.1. The van der Waals surface area contributed by atoms with E-state index in [9.17, 15) is 5.11 Å². The third kappa shape index (κ3) is 3.24. The van der Waals surface area contributed by atoms with Crippen LogP contribution in [0.4, 0.5) is 5.82 Å². The van der Waals surface area contributed by atoms with Gasteiger partial charge in [-0.15, -0.1) is 11.3 Å². The molecular weight excluding hydrogens is 330 g/mol. The minimum Gasteiger partial charge on any atom is -0.394 e. The summed E-state index contributed by atoms with van der Waals surface area (Å²) in [5.41, 5.74) is 3.05. The molecule has 0 aliphatic carbocycles. The summed E-state index contributed by atoms with van der Waals surface area (Å²) < 4.78 is 0.986. The highest BCUT2D eigenvalue weighted by Gasteiger charge is 2.15. The van der Waals surface area contributed by atoms with Crippen molar-refractivity contribution in [3.8, 4) is 10.4 Å². The second-order valence-electron chi connectivity index (χ2n) is 5.63. The van der Waals surface area contributed by atoms with E-state index in [1.807, 2.05) is 54.6 Å². The summed E-state index contributed by atoms with van der Waals surface area (Å²) >= 11 is 1.64. The minimum atomic E-state index is -0.212. The van der Waals surface area contributed by atoms with Crippen LogP contribution in [0, 0.1) is 6.07 Å². The van der Waals surface area contributed by atoms with Crippen molar-refractivity contribution in [3.63, 3.8) is 0 Å². The Bertz CT molecular complexity index is 970. The molecule has 0 amide bonds. The van der Waals surface area contributed by atoms with Crippen LogP contribution in [-0.2, 0) is 0 Å². The van der Waals surface area contributed by atoms with Gasteiger partial charge in [0.2, 0.25) is 0 Å². The van der Waals surface area contributed by atoms with Crippen molar-refractivity contribution in [1.29, 1.82) is 0 Å². The molecule has 0 aliphatic rings. The molecular formula is C20H16N3OS. The molecule has 0 saturated heterocycles. The molecule has 123 valence electrons. The summed E-state index contributed by atoms with van der Waals surface area (Å²) in [6, 6.07) is 22.6. The molecule has 2 aromatic carbocycles. The van der Waals surface area contributed by atoms with Gasteiger partial charge in [0, 0.05) is 4.88 Å². The van der Waals surface area contributed by atoms with E-state index in [1.54, 1.807) is 17.7 Å². The van der Waals surface area contributed by atoms with Gasteiger partial charge in [0.25, 0.3) is 0 Å². The summed E-state index contributed by atoms with van der Waals surface area (Å²) in [5.74, 6) is 0.742.